The van der Waals surface area contributed by atoms with Gasteiger partial charge in [-0.2, -0.15) is 0 Å². The maximum Gasteiger partial charge on any atom is 0.255 e. The molecule has 7 heteroatoms. The highest BCUT2D eigenvalue weighted by atomic mass is 79.9. The van der Waals surface area contributed by atoms with Gasteiger partial charge >= 0.3 is 0 Å². The van der Waals surface area contributed by atoms with Crippen LogP contribution in [0, 0.1) is 0 Å². The van der Waals surface area contributed by atoms with Crippen molar-refractivity contribution in [2.75, 3.05) is 5.32 Å². The lowest BCUT2D eigenvalue weighted by atomic mass is 10.1. The van der Waals surface area contributed by atoms with Gasteiger partial charge in [0.2, 0.25) is 5.88 Å². The first kappa shape index (κ1) is 18.9. The SMILES string of the molecule is O=C(Nc1ccc(Oc2cccc(Br)c2)nc1)c1ccc(Cn2ccnc2)cc1. The van der Waals surface area contributed by atoms with Crippen LogP contribution in [0.5, 0.6) is 11.6 Å². The molecule has 0 aliphatic rings. The van der Waals surface area contributed by atoms with Crippen molar-refractivity contribution in [3.8, 4) is 11.6 Å². The number of imidazole rings is 1. The molecule has 0 radical (unpaired) electrons. The predicted octanol–water partition coefficient (Wildman–Crippen LogP) is 5.13. The highest BCUT2D eigenvalue weighted by Gasteiger charge is 2.07. The highest BCUT2D eigenvalue weighted by Crippen LogP contribution is 2.23. The Morgan fingerprint density at radius 3 is 2.66 bits per heavy atom. The first-order valence-corrected chi connectivity index (χ1v) is 9.70. The Kier molecular flexibility index (Phi) is 5.67. The van der Waals surface area contributed by atoms with E-state index in [2.05, 4.69) is 31.2 Å². The number of benzene rings is 2. The fraction of sp³-hybridized carbons (Fsp3) is 0.0455. The molecule has 1 amide bonds. The third-order valence-electron chi connectivity index (χ3n) is 4.15. The normalized spacial score (nSPS) is 10.5. The van der Waals surface area contributed by atoms with E-state index in [0.717, 1.165) is 10.0 Å². The summed E-state index contributed by atoms with van der Waals surface area (Å²) in [6, 6.07) is 18.4. The van der Waals surface area contributed by atoms with Crippen molar-refractivity contribution in [3.63, 3.8) is 0 Å². The second kappa shape index (κ2) is 8.70. The quantitative estimate of drug-likeness (QED) is 0.443. The summed E-state index contributed by atoms with van der Waals surface area (Å²) in [5.41, 5.74) is 2.27. The minimum atomic E-state index is -0.193. The van der Waals surface area contributed by atoms with Gasteiger partial charge in [0.25, 0.3) is 5.91 Å². The van der Waals surface area contributed by atoms with Crippen molar-refractivity contribution in [3.05, 3.63) is 101 Å². The number of hydrogen-bond acceptors (Lipinski definition) is 4. The van der Waals surface area contributed by atoms with Crippen molar-refractivity contribution >= 4 is 27.5 Å². The van der Waals surface area contributed by atoms with Gasteiger partial charge in [0.1, 0.15) is 5.75 Å². The molecule has 0 aliphatic heterocycles. The average Bonchev–Trinajstić information content (AvgIpc) is 3.23. The second-order valence-corrected chi connectivity index (χ2v) is 7.25. The third-order valence-corrected chi connectivity index (χ3v) is 4.65. The molecular formula is C22H17BrN4O2. The van der Waals surface area contributed by atoms with Crippen LogP contribution in [0.3, 0.4) is 0 Å². The Labute approximate surface area is 176 Å². The lowest BCUT2D eigenvalue weighted by molar-refractivity contribution is 0.102. The maximum atomic E-state index is 12.5. The molecule has 2 aromatic heterocycles. The van der Waals surface area contributed by atoms with Gasteiger partial charge in [0.05, 0.1) is 18.2 Å². The summed E-state index contributed by atoms with van der Waals surface area (Å²) >= 11 is 3.40. The molecule has 144 valence electrons. The summed E-state index contributed by atoms with van der Waals surface area (Å²) in [5, 5.41) is 2.84. The van der Waals surface area contributed by atoms with E-state index in [9.17, 15) is 4.79 Å². The van der Waals surface area contributed by atoms with E-state index in [1.807, 2.05) is 47.2 Å². The molecule has 0 saturated heterocycles. The summed E-state index contributed by atoms with van der Waals surface area (Å²) < 4.78 is 8.60. The number of ether oxygens (including phenoxy) is 1. The largest absolute Gasteiger partial charge is 0.439 e. The monoisotopic (exact) mass is 448 g/mol. The standard InChI is InChI=1S/C22H17BrN4O2/c23-18-2-1-3-20(12-18)29-21-9-8-19(13-25-21)26-22(28)17-6-4-16(5-7-17)14-27-11-10-24-15-27/h1-13,15H,14H2,(H,26,28). The Morgan fingerprint density at radius 1 is 1.10 bits per heavy atom. The van der Waals surface area contributed by atoms with Crippen molar-refractivity contribution < 1.29 is 9.53 Å². The molecule has 4 aromatic rings. The van der Waals surface area contributed by atoms with E-state index in [4.69, 9.17) is 4.74 Å². The Bertz CT molecular complexity index is 1090. The van der Waals surface area contributed by atoms with Crippen LogP contribution in [-0.4, -0.2) is 20.4 Å². The minimum absolute atomic E-state index is 0.193. The molecule has 4 rings (SSSR count). The van der Waals surface area contributed by atoms with Crippen LogP contribution >= 0.6 is 15.9 Å². The Morgan fingerprint density at radius 2 is 1.97 bits per heavy atom. The molecule has 0 atom stereocenters. The molecule has 6 nitrogen and oxygen atoms in total. The Hall–Kier alpha value is -3.45. The molecule has 0 bridgehead atoms. The summed E-state index contributed by atoms with van der Waals surface area (Å²) in [4.78, 5) is 20.7. The first-order valence-electron chi connectivity index (χ1n) is 8.91. The fourth-order valence-corrected chi connectivity index (χ4v) is 3.10. The number of carbonyl (C=O) groups excluding carboxylic acids is 1. The number of amides is 1. The summed E-state index contributed by atoms with van der Waals surface area (Å²) in [7, 11) is 0. The van der Waals surface area contributed by atoms with Gasteiger partial charge in [0.15, 0.2) is 0 Å². The van der Waals surface area contributed by atoms with E-state index >= 15 is 0 Å². The minimum Gasteiger partial charge on any atom is -0.439 e. The molecule has 0 fully saturated rings. The van der Waals surface area contributed by atoms with Gasteiger partial charge in [-0.3, -0.25) is 4.79 Å². The zero-order chi connectivity index (χ0) is 20.1. The van der Waals surface area contributed by atoms with Crippen molar-refractivity contribution in [2.24, 2.45) is 0 Å². The van der Waals surface area contributed by atoms with Crippen molar-refractivity contribution in [1.29, 1.82) is 0 Å². The zero-order valence-corrected chi connectivity index (χ0v) is 16.9. The Balaban J connectivity index is 1.36. The van der Waals surface area contributed by atoms with E-state index in [0.29, 0.717) is 29.4 Å². The maximum absolute atomic E-state index is 12.5. The lowest BCUT2D eigenvalue weighted by Gasteiger charge is -2.08. The van der Waals surface area contributed by atoms with Gasteiger partial charge in [-0.25, -0.2) is 9.97 Å². The summed E-state index contributed by atoms with van der Waals surface area (Å²) in [5.74, 6) is 0.936. The van der Waals surface area contributed by atoms with Crippen molar-refractivity contribution in [1.82, 2.24) is 14.5 Å². The number of halogens is 1. The van der Waals surface area contributed by atoms with E-state index in [1.54, 1.807) is 43.0 Å². The number of carbonyl (C=O) groups is 1. The predicted molar refractivity (Wildman–Crippen MR) is 114 cm³/mol. The number of rotatable bonds is 6. The molecule has 0 spiro atoms. The fourth-order valence-electron chi connectivity index (χ4n) is 2.72. The molecule has 29 heavy (non-hydrogen) atoms. The van der Waals surface area contributed by atoms with Gasteiger partial charge in [-0.15, -0.1) is 0 Å². The van der Waals surface area contributed by atoms with Gasteiger partial charge in [-0.05, 0) is 42.0 Å². The number of hydrogen-bond donors (Lipinski definition) is 1. The van der Waals surface area contributed by atoms with Gasteiger partial charge < -0.3 is 14.6 Å². The molecule has 2 aromatic carbocycles. The number of aromatic nitrogens is 3. The van der Waals surface area contributed by atoms with E-state index in [-0.39, 0.29) is 5.91 Å². The van der Waals surface area contributed by atoms with Crippen LogP contribution in [0.1, 0.15) is 15.9 Å². The molecule has 1 N–H and O–H groups in total. The highest BCUT2D eigenvalue weighted by molar-refractivity contribution is 9.10. The lowest BCUT2D eigenvalue weighted by Crippen LogP contribution is -2.12. The zero-order valence-electron chi connectivity index (χ0n) is 15.3. The van der Waals surface area contributed by atoms with Crippen LogP contribution in [0.2, 0.25) is 0 Å². The summed E-state index contributed by atoms with van der Waals surface area (Å²) in [6.07, 6.45) is 6.97. The second-order valence-electron chi connectivity index (χ2n) is 6.33. The average molecular weight is 449 g/mol. The van der Waals surface area contributed by atoms with Gasteiger partial charge in [-0.1, -0.05) is 34.1 Å². The van der Waals surface area contributed by atoms with Crippen molar-refractivity contribution in [2.45, 2.75) is 6.54 Å². The number of nitrogens with one attached hydrogen (secondary N) is 1. The van der Waals surface area contributed by atoms with Gasteiger partial charge in [0, 0.05) is 35.0 Å². The van der Waals surface area contributed by atoms with Crippen LogP contribution in [0.25, 0.3) is 0 Å². The smallest absolute Gasteiger partial charge is 0.255 e. The summed E-state index contributed by atoms with van der Waals surface area (Å²) in [6.45, 7) is 0.714. The molecule has 0 aliphatic carbocycles. The molecule has 2 heterocycles. The van der Waals surface area contributed by atoms with Crippen LogP contribution in [0.4, 0.5) is 5.69 Å². The topological polar surface area (TPSA) is 69.0 Å². The first-order chi connectivity index (χ1) is 14.2. The molecule has 0 saturated carbocycles. The molecule has 0 unspecified atom stereocenters. The van der Waals surface area contributed by atoms with E-state index in [1.165, 1.54) is 0 Å². The van der Waals surface area contributed by atoms with Crippen LogP contribution in [-0.2, 0) is 6.54 Å². The third kappa shape index (κ3) is 5.08. The number of nitrogens with zero attached hydrogens (tertiary/aromatic N) is 3. The number of anilines is 1. The molecular weight excluding hydrogens is 432 g/mol. The number of pyridine rings is 1. The van der Waals surface area contributed by atoms with Crippen LogP contribution in [0.15, 0.2) is 90.1 Å². The van der Waals surface area contributed by atoms with Crippen LogP contribution < -0.4 is 10.1 Å². The van der Waals surface area contributed by atoms with E-state index < -0.39 is 0 Å².